The highest BCUT2D eigenvalue weighted by atomic mass is 16.6. The first-order valence-corrected chi connectivity index (χ1v) is 22.7. The van der Waals surface area contributed by atoms with Crippen molar-refractivity contribution >= 4 is 42.1 Å². The Kier molecular flexibility index (Phi) is 21.6. The summed E-state index contributed by atoms with van der Waals surface area (Å²) in [5.74, 6) is -1.71. The molecule has 0 saturated heterocycles. The number of benzene rings is 5. The molecule has 15 nitrogen and oxygen atoms in total. The standard InChI is InChI=1S/C55H54O15/c1-3-50(57)65-34-11-7-5-9-32-63-45-22-14-41(15-23-45)53(60)68-47-26-18-40(19-27-47)52(59)67-36-31-39-13-30-49(44(37-39)38-56)70-55(62)43-20-28-48(29-21-43)69-54(61)42-16-24-46(25-17-42)64-33-10-6-8-12-35-66-51(58)4-2/h3-4,13-30,37-38H,1-2,5-12,31-36H2. The molecule has 5 rings (SSSR count). The zero-order valence-electron chi connectivity index (χ0n) is 38.6. The van der Waals surface area contributed by atoms with Gasteiger partial charge in [0, 0.05) is 18.6 Å². The van der Waals surface area contributed by atoms with Crippen LogP contribution in [0.15, 0.2) is 141 Å². The zero-order chi connectivity index (χ0) is 49.9. The van der Waals surface area contributed by atoms with Gasteiger partial charge in [0.2, 0.25) is 0 Å². The molecule has 0 N–H and O–H groups in total. The third-order valence-corrected chi connectivity index (χ3v) is 10.2. The van der Waals surface area contributed by atoms with Gasteiger partial charge in [0.25, 0.3) is 0 Å². The summed E-state index contributed by atoms with van der Waals surface area (Å²) in [6.07, 6.45) is 9.88. The summed E-state index contributed by atoms with van der Waals surface area (Å²) < 4.78 is 43.3. The number of unbranched alkanes of at least 4 members (excludes halogenated alkanes) is 6. The van der Waals surface area contributed by atoms with Crippen LogP contribution in [0.2, 0.25) is 0 Å². The third-order valence-electron chi connectivity index (χ3n) is 10.2. The number of ether oxygens (including phenoxy) is 8. The van der Waals surface area contributed by atoms with Gasteiger partial charge in [-0.15, -0.1) is 0 Å². The van der Waals surface area contributed by atoms with Crippen LogP contribution in [0, 0.1) is 0 Å². The second kappa shape index (κ2) is 28.8. The molecule has 0 radical (unpaired) electrons. The Labute approximate surface area is 405 Å². The van der Waals surface area contributed by atoms with Crippen molar-refractivity contribution in [1.29, 1.82) is 0 Å². The van der Waals surface area contributed by atoms with E-state index >= 15 is 0 Å². The van der Waals surface area contributed by atoms with Gasteiger partial charge in [-0.3, -0.25) is 4.79 Å². The minimum Gasteiger partial charge on any atom is -0.494 e. The van der Waals surface area contributed by atoms with Crippen molar-refractivity contribution in [1.82, 2.24) is 0 Å². The maximum atomic E-state index is 13.0. The molecule has 0 aliphatic heterocycles. The highest BCUT2D eigenvalue weighted by molar-refractivity contribution is 5.94. The van der Waals surface area contributed by atoms with E-state index in [-0.39, 0.29) is 47.0 Å². The predicted octanol–water partition coefficient (Wildman–Crippen LogP) is 9.89. The highest BCUT2D eigenvalue weighted by Crippen LogP contribution is 2.23. The lowest BCUT2D eigenvalue weighted by Crippen LogP contribution is -2.11. The van der Waals surface area contributed by atoms with Crippen LogP contribution in [0.5, 0.6) is 28.7 Å². The van der Waals surface area contributed by atoms with Crippen LogP contribution in [0.3, 0.4) is 0 Å². The van der Waals surface area contributed by atoms with E-state index in [9.17, 15) is 33.6 Å². The van der Waals surface area contributed by atoms with Crippen molar-refractivity contribution in [2.75, 3.05) is 33.0 Å². The molecule has 0 fully saturated rings. The van der Waals surface area contributed by atoms with Gasteiger partial charge in [-0.05, 0) is 166 Å². The zero-order valence-corrected chi connectivity index (χ0v) is 38.6. The number of aldehydes is 1. The van der Waals surface area contributed by atoms with E-state index in [1.807, 2.05) is 0 Å². The van der Waals surface area contributed by atoms with Crippen LogP contribution in [0.1, 0.15) is 109 Å². The van der Waals surface area contributed by atoms with E-state index in [0.717, 1.165) is 63.5 Å². The summed E-state index contributed by atoms with van der Waals surface area (Å²) in [5.41, 5.74) is 1.76. The smallest absolute Gasteiger partial charge is 0.343 e. The maximum absolute atomic E-state index is 13.0. The Hall–Kier alpha value is -8.33. The molecule has 0 aliphatic carbocycles. The highest BCUT2D eigenvalue weighted by Gasteiger charge is 2.16. The fourth-order valence-electron chi connectivity index (χ4n) is 6.43. The summed E-state index contributed by atoms with van der Waals surface area (Å²) >= 11 is 0. The molecule has 0 aliphatic rings. The molecular weight excluding hydrogens is 901 g/mol. The van der Waals surface area contributed by atoms with Gasteiger partial charge in [0.05, 0.1) is 60.9 Å². The fraction of sp³-hybridized carbons (Fsp3) is 0.255. The first-order valence-electron chi connectivity index (χ1n) is 22.7. The van der Waals surface area contributed by atoms with Crippen LogP contribution >= 0.6 is 0 Å². The quantitative estimate of drug-likeness (QED) is 0.0110. The average molecular weight is 955 g/mol. The first-order chi connectivity index (χ1) is 34.0. The normalized spacial score (nSPS) is 10.5. The number of rotatable bonds is 29. The van der Waals surface area contributed by atoms with Gasteiger partial charge in [-0.25, -0.2) is 28.8 Å². The monoisotopic (exact) mass is 954 g/mol. The first kappa shape index (κ1) is 52.6. The topological polar surface area (TPSA) is 193 Å². The molecule has 5 aromatic rings. The van der Waals surface area contributed by atoms with Gasteiger partial charge >= 0.3 is 35.8 Å². The van der Waals surface area contributed by atoms with Crippen LogP contribution in [0.25, 0.3) is 0 Å². The fourth-order valence-corrected chi connectivity index (χ4v) is 6.43. The molecule has 0 heterocycles. The van der Waals surface area contributed by atoms with Gasteiger partial charge in [0.1, 0.15) is 28.7 Å². The Morgan fingerprint density at radius 2 is 0.786 bits per heavy atom. The van der Waals surface area contributed by atoms with Crippen LogP contribution in [0.4, 0.5) is 0 Å². The second-order valence-corrected chi connectivity index (χ2v) is 15.4. The van der Waals surface area contributed by atoms with Crippen molar-refractivity contribution in [3.05, 3.63) is 174 Å². The van der Waals surface area contributed by atoms with E-state index in [1.54, 1.807) is 54.6 Å². The summed E-state index contributed by atoms with van der Waals surface area (Å²) in [5, 5.41) is 0. The number of esters is 6. The van der Waals surface area contributed by atoms with E-state index in [0.29, 0.717) is 60.9 Å². The van der Waals surface area contributed by atoms with Crippen molar-refractivity contribution < 1.29 is 71.5 Å². The summed E-state index contributed by atoms with van der Waals surface area (Å²) in [6.45, 7) is 8.43. The molecule has 0 saturated carbocycles. The van der Waals surface area contributed by atoms with Gasteiger partial charge in [-0.1, -0.05) is 19.2 Å². The number of carbonyl (C=O) groups is 7. The Morgan fingerprint density at radius 1 is 0.400 bits per heavy atom. The molecular formula is C55H54O15. The average Bonchev–Trinajstić information content (AvgIpc) is 3.38. The van der Waals surface area contributed by atoms with Gasteiger partial charge in [-0.2, -0.15) is 0 Å². The molecule has 15 heteroatoms. The summed E-state index contributed by atoms with van der Waals surface area (Å²) in [4.78, 5) is 85.3. The number of hydrogen-bond acceptors (Lipinski definition) is 15. The largest absolute Gasteiger partial charge is 0.494 e. The lowest BCUT2D eigenvalue weighted by atomic mass is 10.1. The van der Waals surface area contributed by atoms with Crippen molar-refractivity contribution in [2.45, 2.75) is 57.8 Å². The molecule has 0 spiro atoms. The van der Waals surface area contributed by atoms with Crippen LogP contribution < -0.4 is 23.7 Å². The van der Waals surface area contributed by atoms with Crippen molar-refractivity contribution in [3.8, 4) is 28.7 Å². The maximum Gasteiger partial charge on any atom is 0.343 e. The molecule has 0 unspecified atom stereocenters. The Bertz CT molecular complexity index is 2550. The molecule has 0 atom stereocenters. The molecule has 0 aromatic heterocycles. The van der Waals surface area contributed by atoms with E-state index in [1.165, 1.54) is 60.7 Å². The minimum atomic E-state index is -0.740. The third kappa shape index (κ3) is 18.1. The SMILES string of the molecule is C=CC(=O)OCCCCCCOc1ccc(C(=O)Oc2ccc(C(=O)OCCc3ccc(OC(=O)c4ccc(OC(=O)c5ccc(OCCCCCCOC(=O)C=C)cc5)cc4)c(C=O)c3)cc2)cc1. The molecule has 0 amide bonds. The van der Waals surface area contributed by atoms with E-state index < -0.39 is 35.8 Å². The second-order valence-electron chi connectivity index (χ2n) is 15.4. The lowest BCUT2D eigenvalue weighted by Gasteiger charge is -2.10. The molecule has 70 heavy (non-hydrogen) atoms. The van der Waals surface area contributed by atoms with Gasteiger partial charge < -0.3 is 37.9 Å². The van der Waals surface area contributed by atoms with E-state index in [4.69, 9.17) is 37.9 Å². The number of hydrogen-bond donors (Lipinski definition) is 0. The number of carbonyl (C=O) groups excluding carboxylic acids is 7. The van der Waals surface area contributed by atoms with E-state index in [2.05, 4.69) is 13.2 Å². The van der Waals surface area contributed by atoms with Gasteiger partial charge in [0.15, 0.2) is 6.29 Å². The Morgan fingerprint density at radius 3 is 1.20 bits per heavy atom. The van der Waals surface area contributed by atoms with Crippen LogP contribution in [-0.4, -0.2) is 75.1 Å². The molecule has 5 aromatic carbocycles. The predicted molar refractivity (Wildman–Crippen MR) is 257 cm³/mol. The summed E-state index contributed by atoms with van der Waals surface area (Å²) in [7, 11) is 0. The Balaban J connectivity index is 0.980. The lowest BCUT2D eigenvalue weighted by molar-refractivity contribution is -0.138. The summed E-state index contributed by atoms with van der Waals surface area (Å²) in [6, 6.07) is 29.4. The molecule has 0 bridgehead atoms. The van der Waals surface area contributed by atoms with Crippen molar-refractivity contribution in [3.63, 3.8) is 0 Å². The van der Waals surface area contributed by atoms with Crippen LogP contribution in [-0.2, 0) is 30.2 Å². The van der Waals surface area contributed by atoms with Crippen molar-refractivity contribution in [2.24, 2.45) is 0 Å². The minimum absolute atomic E-state index is 0.0142. The molecule has 364 valence electrons.